The smallest absolute Gasteiger partial charge is 0.261 e. The number of carbonyl (C=O) groups excluding carboxylic acids is 2. The van der Waals surface area contributed by atoms with E-state index in [0.29, 0.717) is 11.1 Å². The van der Waals surface area contributed by atoms with Gasteiger partial charge in [0.15, 0.2) is 0 Å². The molecule has 0 saturated carbocycles. The van der Waals surface area contributed by atoms with Gasteiger partial charge in [-0.2, -0.15) is 0 Å². The minimum Gasteiger partial charge on any atom is -0.277 e. The average molecular weight is 203 g/mol. The largest absolute Gasteiger partial charge is 0.277 e. The van der Waals surface area contributed by atoms with E-state index >= 15 is 0 Å². The second-order valence-corrected chi connectivity index (χ2v) is 4.49. The van der Waals surface area contributed by atoms with Crippen molar-refractivity contribution in [2.75, 3.05) is 7.05 Å². The van der Waals surface area contributed by atoms with Crippen molar-refractivity contribution in [1.82, 2.24) is 4.90 Å². The minimum atomic E-state index is -0.214. The van der Waals surface area contributed by atoms with Gasteiger partial charge in [0.2, 0.25) is 0 Å². The molecule has 3 nitrogen and oxygen atoms in total. The van der Waals surface area contributed by atoms with E-state index in [2.05, 4.69) is 0 Å². The number of imide groups is 1. The molecule has 0 aromatic carbocycles. The molecule has 2 rings (SSSR count). The first-order chi connectivity index (χ1) is 6.92. The van der Waals surface area contributed by atoms with Crippen LogP contribution in [0, 0.1) is 5.41 Å². The molecule has 1 aliphatic carbocycles. The van der Waals surface area contributed by atoms with Crippen molar-refractivity contribution in [2.45, 2.75) is 13.8 Å². The maximum atomic E-state index is 11.8. The van der Waals surface area contributed by atoms with Gasteiger partial charge in [-0.15, -0.1) is 0 Å². The summed E-state index contributed by atoms with van der Waals surface area (Å²) in [4.78, 5) is 24.6. The van der Waals surface area contributed by atoms with Gasteiger partial charge in [-0.05, 0) is 6.08 Å². The van der Waals surface area contributed by atoms with E-state index in [1.807, 2.05) is 32.1 Å². The lowest BCUT2D eigenvalue weighted by molar-refractivity contribution is -0.134. The number of fused-ring (bicyclic) bond motifs is 1. The summed E-state index contributed by atoms with van der Waals surface area (Å²) in [7, 11) is 1.51. The van der Waals surface area contributed by atoms with Crippen LogP contribution in [-0.4, -0.2) is 23.8 Å². The normalized spacial score (nSPS) is 23.5. The number of rotatable bonds is 0. The van der Waals surface area contributed by atoms with Crippen LogP contribution in [0.4, 0.5) is 0 Å². The number of hydrogen-bond acceptors (Lipinski definition) is 2. The molecule has 78 valence electrons. The highest BCUT2D eigenvalue weighted by molar-refractivity contribution is 6.24. The van der Waals surface area contributed by atoms with Crippen LogP contribution in [0.25, 0.3) is 0 Å². The zero-order valence-corrected chi connectivity index (χ0v) is 9.07. The summed E-state index contributed by atoms with van der Waals surface area (Å²) in [6.45, 7) is 4.01. The third kappa shape index (κ3) is 1.44. The Labute approximate surface area is 88.8 Å². The van der Waals surface area contributed by atoms with Gasteiger partial charge in [0.05, 0.1) is 5.57 Å². The Bertz CT molecular complexity index is 439. The van der Waals surface area contributed by atoms with Crippen molar-refractivity contribution >= 4 is 11.8 Å². The number of carbonyl (C=O) groups is 2. The van der Waals surface area contributed by atoms with Crippen molar-refractivity contribution in [2.24, 2.45) is 5.41 Å². The van der Waals surface area contributed by atoms with E-state index in [4.69, 9.17) is 0 Å². The fraction of sp³-hybridized carbons (Fsp3) is 0.333. The van der Waals surface area contributed by atoms with E-state index in [-0.39, 0.29) is 17.2 Å². The molecule has 1 saturated heterocycles. The van der Waals surface area contributed by atoms with Crippen molar-refractivity contribution < 1.29 is 9.59 Å². The lowest BCUT2D eigenvalue weighted by atomic mass is 9.90. The number of hydrogen-bond donors (Lipinski definition) is 0. The van der Waals surface area contributed by atoms with Crippen molar-refractivity contribution in [3.05, 3.63) is 35.5 Å². The summed E-state index contributed by atoms with van der Waals surface area (Å²) in [6.07, 6.45) is 7.38. The average Bonchev–Trinajstić information content (AvgIpc) is 2.35. The fourth-order valence-electron chi connectivity index (χ4n) is 1.80. The van der Waals surface area contributed by atoms with E-state index < -0.39 is 0 Å². The molecule has 0 bridgehead atoms. The second kappa shape index (κ2) is 2.92. The Kier molecular flexibility index (Phi) is 1.93. The molecule has 1 aliphatic heterocycles. The first kappa shape index (κ1) is 9.90. The van der Waals surface area contributed by atoms with Crippen LogP contribution in [0.1, 0.15) is 13.8 Å². The first-order valence-electron chi connectivity index (χ1n) is 4.87. The summed E-state index contributed by atoms with van der Waals surface area (Å²) >= 11 is 0. The summed E-state index contributed by atoms with van der Waals surface area (Å²) in [5.41, 5.74) is 0.844. The van der Waals surface area contributed by atoms with Gasteiger partial charge in [0, 0.05) is 18.0 Å². The maximum Gasteiger partial charge on any atom is 0.261 e. The van der Waals surface area contributed by atoms with Gasteiger partial charge in [-0.3, -0.25) is 14.5 Å². The predicted octanol–water partition coefficient (Wildman–Crippen LogP) is 1.43. The first-order valence-corrected chi connectivity index (χ1v) is 4.87. The van der Waals surface area contributed by atoms with Crippen LogP contribution in [0.3, 0.4) is 0 Å². The molecule has 15 heavy (non-hydrogen) atoms. The Morgan fingerprint density at radius 3 is 2.40 bits per heavy atom. The lowest BCUT2D eigenvalue weighted by Crippen LogP contribution is -2.24. The van der Waals surface area contributed by atoms with Crippen LogP contribution < -0.4 is 0 Å². The Morgan fingerprint density at radius 2 is 1.73 bits per heavy atom. The van der Waals surface area contributed by atoms with E-state index in [0.717, 1.165) is 4.90 Å². The van der Waals surface area contributed by atoms with E-state index in [1.165, 1.54) is 7.05 Å². The summed E-state index contributed by atoms with van der Waals surface area (Å²) in [6, 6.07) is 0. The van der Waals surface area contributed by atoms with Crippen molar-refractivity contribution in [3.8, 4) is 0 Å². The topological polar surface area (TPSA) is 37.4 Å². The lowest BCUT2D eigenvalue weighted by Gasteiger charge is -2.14. The van der Waals surface area contributed by atoms with Gasteiger partial charge in [0.25, 0.3) is 11.8 Å². The molecule has 0 spiro atoms. The minimum absolute atomic E-state index is 0.186. The van der Waals surface area contributed by atoms with Gasteiger partial charge < -0.3 is 0 Å². The molecule has 1 fully saturated rings. The highest BCUT2D eigenvalue weighted by Crippen LogP contribution is 2.32. The summed E-state index contributed by atoms with van der Waals surface area (Å²) < 4.78 is 0. The van der Waals surface area contributed by atoms with Crippen LogP contribution in [-0.2, 0) is 9.59 Å². The number of likely N-dealkylation sites (N-methyl/N-ethyl adjacent to an activating group) is 1. The molecule has 3 heteroatoms. The zero-order valence-electron chi connectivity index (χ0n) is 9.07. The Balaban J connectivity index is 2.59. The molecule has 0 aromatic rings. The molecule has 0 radical (unpaired) electrons. The predicted molar refractivity (Wildman–Crippen MR) is 56.9 cm³/mol. The second-order valence-electron chi connectivity index (χ2n) is 4.49. The maximum absolute atomic E-state index is 11.8. The Hall–Kier alpha value is -1.64. The van der Waals surface area contributed by atoms with Gasteiger partial charge in [-0.25, -0.2) is 0 Å². The highest BCUT2D eigenvalue weighted by Gasteiger charge is 2.37. The highest BCUT2D eigenvalue weighted by atomic mass is 16.2. The third-order valence-corrected chi connectivity index (χ3v) is 2.67. The van der Waals surface area contributed by atoms with E-state index in [9.17, 15) is 9.59 Å². The number of likely N-dealkylation sites (tertiary alicyclic amines) is 1. The number of amides is 2. The monoisotopic (exact) mass is 203 g/mol. The van der Waals surface area contributed by atoms with Crippen molar-refractivity contribution in [3.63, 3.8) is 0 Å². The molecule has 2 amide bonds. The molecular weight excluding hydrogens is 190 g/mol. The SMILES string of the molecule is CN1C(=O)C2=CC=CC(C)(C)C=C2C1=O. The quantitative estimate of drug-likeness (QED) is 0.558. The molecule has 0 atom stereocenters. The van der Waals surface area contributed by atoms with Crippen LogP contribution >= 0.6 is 0 Å². The van der Waals surface area contributed by atoms with Crippen molar-refractivity contribution in [1.29, 1.82) is 0 Å². The van der Waals surface area contributed by atoms with Crippen LogP contribution in [0.15, 0.2) is 35.5 Å². The Morgan fingerprint density at radius 1 is 1.13 bits per heavy atom. The van der Waals surface area contributed by atoms with Gasteiger partial charge >= 0.3 is 0 Å². The molecular formula is C12H13NO2. The van der Waals surface area contributed by atoms with Gasteiger partial charge in [-0.1, -0.05) is 32.1 Å². The fourth-order valence-corrected chi connectivity index (χ4v) is 1.80. The standard InChI is InChI=1S/C12H13NO2/c1-12(2)6-4-5-8-9(7-12)11(15)13(3)10(8)14/h4-7H,1-3H3. The molecule has 1 heterocycles. The number of nitrogens with zero attached hydrogens (tertiary/aromatic N) is 1. The zero-order chi connectivity index (χ0) is 11.2. The van der Waals surface area contributed by atoms with Crippen LogP contribution in [0.2, 0.25) is 0 Å². The molecule has 0 aromatic heterocycles. The summed E-state index contributed by atoms with van der Waals surface area (Å²) in [5.74, 6) is -0.420. The van der Waals surface area contributed by atoms with Gasteiger partial charge in [0.1, 0.15) is 0 Å². The molecule has 0 unspecified atom stereocenters. The van der Waals surface area contributed by atoms with E-state index in [1.54, 1.807) is 6.08 Å². The van der Waals surface area contributed by atoms with Crippen LogP contribution in [0.5, 0.6) is 0 Å². The molecule has 2 aliphatic rings. The third-order valence-electron chi connectivity index (χ3n) is 2.67. The molecule has 0 N–H and O–H groups in total. The number of allylic oxidation sites excluding steroid dienone is 4. The summed E-state index contributed by atoms with van der Waals surface area (Å²) in [5, 5.41) is 0.